The molecule has 2 N–H and O–H groups in total. The summed E-state index contributed by atoms with van der Waals surface area (Å²) in [4.78, 5) is 12.7. The Morgan fingerprint density at radius 1 is 1.28 bits per heavy atom. The van der Waals surface area contributed by atoms with Gasteiger partial charge in [-0.2, -0.15) is 0 Å². The van der Waals surface area contributed by atoms with E-state index in [1.54, 1.807) is 26.4 Å². The van der Waals surface area contributed by atoms with E-state index in [0.29, 0.717) is 23.6 Å². The van der Waals surface area contributed by atoms with Gasteiger partial charge in [0.25, 0.3) is 0 Å². The van der Waals surface area contributed by atoms with E-state index in [1.807, 2.05) is 6.07 Å². The molecule has 18 heavy (non-hydrogen) atoms. The van der Waals surface area contributed by atoms with Crippen LogP contribution in [-0.4, -0.2) is 26.5 Å². The lowest BCUT2D eigenvalue weighted by atomic mass is 9.64. The highest BCUT2D eigenvalue weighted by Gasteiger charge is 2.44. The molecule has 0 heterocycles. The van der Waals surface area contributed by atoms with Crippen molar-refractivity contribution in [2.24, 2.45) is 11.1 Å². The Labute approximate surface area is 107 Å². The molecule has 0 atom stereocenters. The normalized spacial score (nSPS) is 16.8. The summed E-state index contributed by atoms with van der Waals surface area (Å²) in [6.45, 7) is 0.382. The third-order valence-electron chi connectivity index (χ3n) is 3.84. The highest BCUT2D eigenvalue weighted by atomic mass is 16.5. The van der Waals surface area contributed by atoms with Crippen LogP contribution in [0, 0.1) is 5.41 Å². The minimum absolute atomic E-state index is 0.0468. The maximum absolute atomic E-state index is 12.7. The number of ether oxygens (including phenoxy) is 2. The van der Waals surface area contributed by atoms with Gasteiger partial charge < -0.3 is 15.2 Å². The van der Waals surface area contributed by atoms with Crippen LogP contribution < -0.4 is 15.2 Å². The molecule has 1 aliphatic carbocycles. The fourth-order valence-corrected chi connectivity index (χ4v) is 2.47. The summed E-state index contributed by atoms with van der Waals surface area (Å²) < 4.78 is 10.6. The average molecular weight is 249 g/mol. The van der Waals surface area contributed by atoms with Gasteiger partial charge >= 0.3 is 0 Å². The van der Waals surface area contributed by atoms with E-state index in [4.69, 9.17) is 15.2 Å². The molecule has 1 fully saturated rings. The van der Waals surface area contributed by atoms with Crippen molar-refractivity contribution in [3.05, 3.63) is 23.8 Å². The minimum atomic E-state index is -0.415. The van der Waals surface area contributed by atoms with Crippen molar-refractivity contribution in [1.29, 1.82) is 0 Å². The first-order chi connectivity index (χ1) is 8.68. The molecule has 4 nitrogen and oxygen atoms in total. The number of nitrogens with two attached hydrogens (primary N) is 1. The first kappa shape index (κ1) is 12.9. The maximum Gasteiger partial charge on any atom is 0.177 e. The van der Waals surface area contributed by atoms with Crippen molar-refractivity contribution in [2.45, 2.75) is 19.3 Å². The Balaban J connectivity index is 2.46. The second-order valence-corrected chi connectivity index (χ2v) is 4.70. The molecule has 0 spiro atoms. The van der Waals surface area contributed by atoms with Gasteiger partial charge in [-0.3, -0.25) is 4.79 Å². The van der Waals surface area contributed by atoms with E-state index in [0.717, 1.165) is 19.3 Å². The lowest BCUT2D eigenvalue weighted by Crippen LogP contribution is -2.44. The van der Waals surface area contributed by atoms with Gasteiger partial charge in [0.1, 0.15) is 17.1 Å². The molecule has 0 radical (unpaired) electrons. The fraction of sp³-hybridized carbons (Fsp3) is 0.500. The van der Waals surface area contributed by atoms with Crippen LogP contribution in [0.5, 0.6) is 11.5 Å². The van der Waals surface area contributed by atoms with E-state index >= 15 is 0 Å². The van der Waals surface area contributed by atoms with E-state index in [1.165, 1.54) is 0 Å². The average Bonchev–Trinajstić information content (AvgIpc) is 2.36. The Kier molecular flexibility index (Phi) is 3.57. The third-order valence-corrected chi connectivity index (χ3v) is 3.84. The molecule has 0 amide bonds. The predicted octanol–water partition coefficient (Wildman–Crippen LogP) is 2.02. The molecule has 2 rings (SSSR count). The quantitative estimate of drug-likeness (QED) is 0.811. The van der Waals surface area contributed by atoms with Crippen LogP contribution in [0.3, 0.4) is 0 Å². The monoisotopic (exact) mass is 249 g/mol. The fourth-order valence-electron chi connectivity index (χ4n) is 2.47. The Hall–Kier alpha value is -1.55. The number of hydrogen-bond acceptors (Lipinski definition) is 4. The van der Waals surface area contributed by atoms with E-state index in [2.05, 4.69) is 0 Å². The van der Waals surface area contributed by atoms with Crippen LogP contribution in [0.25, 0.3) is 0 Å². The molecule has 1 aliphatic rings. The highest BCUT2D eigenvalue weighted by Crippen LogP contribution is 2.45. The first-order valence-electron chi connectivity index (χ1n) is 6.14. The number of Topliss-reactive ketones (excluding diaryl/α,β-unsaturated/α-hetero) is 1. The molecular formula is C14H19NO3. The summed E-state index contributed by atoms with van der Waals surface area (Å²) in [5, 5.41) is 0. The van der Waals surface area contributed by atoms with Gasteiger partial charge in [0.2, 0.25) is 0 Å². The molecule has 1 aromatic rings. The maximum atomic E-state index is 12.7. The van der Waals surface area contributed by atoms with Gasteiger partial charge in [-0.15, -0.1) is 0 Å². The van der Waals surface area contributed by atoms with Crippen LogP contribution in [-0.2, 0) is 0 Å². The summed E-state index contributed by atoms with van der Waals surface area (Å²) in [5.41, 5.74) is 5.89. The molecule has 4 heteroatoms. The number of benzene rings is 1. The van der Waals surface area contributed by atoms with Crippen molar-refractivity contribution in [2.75, 3.05) is 20.8 Å². The second kappa shape index (κ2) is 4.98. The first-order valence-corrected chi connectivity index (χ1v) is 6.14. The molecular weight excluding hydrogens is 230 g/mol. The smallest absolute Gasteiger partial charge is 0.177 e. The topological polar surface area (TPSA) is 61.5 Å². The molecule has 0 aliphatic heterocycles. The van der Waals surface area contributed by atoms with Crippen molar-refractivity contribution in [3.8, 4) is 11.5 Å². The highest BCUT2D eigenvalue weighted by molar-refractivity contribution is 6.05. The molecule has 0 bridgehead atoms. The molecule has 0 aromatic heterocycles. The zero-order valence-electron chi connectivity index (χ0n) is 10.9. The summed E-state index contributed by atoms with van der Waals surface area (Å²) in [6.07, 6.45) is 2.76. The summed E-state index contributed by atoms with van der Waals surface area (Å²) in [6, 6.07) is 5.36. The number of rotatable bonds is 5. The standard InChI is InChI=1S/C14H19NO3/c1-17-10-5-3-6-11(18-2)12(10)13(16)14(9-15)7-4-8-14/h3,5-6H,4,7-9,15H2,1-2H3. The SMILES string of the molecule is COc1cccc(OC)c1C(=O)C1(CN)CCC1. The Morgan fingerprint density at radius 3 is 2.17 bits per heavy atom. The Morgan fingerprint density at radius 2 is 1.83 bits per heavy atom. The molecule has 0 unspecified atom stereocenters. The third kappa shape index (κ3) is 1.86. The van der Waals surface area contributed by atoms with Crippen LogP contribution in [0.15, 0.2) is 18.2 Å². The molecule has 1 saturated carbocycles. The van der Waals surface area contributed by atoms with Gasteiger partial charge in [0, 0.05) is 12.0 Å². The number of carbonyl (C=O) groups excluding carboxylic acids is 1. The van der Waals surface area contributed by atoms with Crippen LogP contribution in [0.4, 0.5) is 0 Å². The zero-order valence-corrected chi connectivity index (χ0v) is 10.9. The van der Waals surface area contributed by atoms with Gasteiger partial charge in [0.15, 0.2) is 5.78 Å². The number of ketones is 1. The summed E-state index contributed by atoms with van der Waals surface area (Å²) >= 11 is 0. The van der Waals surface area contributed by atoms with Gasteiger partial charge in [-0.25, -0.2) is 0 Å². The number of methoxy groups -OCH3 is 2. The van der Waals surface area contributed by atoms with E-state index in [-0.39, 0.29) is 5.78 Å². The Bertz CT molecular complexity index is 425. The minimum Gasteiger partial charge on any atom is -0.496 e. The van der Waals surface area contributed by atoms with Crippen LogP contribution in [0.1, 0.15) is 29.6 Å². The number of carbonyl (C=O) groups is 1. The lowest BCUT2D eigenvalue weighted by molar-refractivity contribution is 0.0629. The van der Waals surface area contributed by atoms with Crippen molar-refractivity contribution in [1.82, 2.24) is 0 Å². The molecule has 0 saturated heterocycles. The van der Waals surface area contributed by atoms with E-state index in [9.17, 15) is 4.79 Å². The molecule has 98 valence electrons. The van der Waals surface area contributed by atoms with Crippen molar-refractivity contribution in [3.63, 3.8) is 0 Å². The zero-order chi connectivity index (χ0) is 13.2. The van der Waals surface area contributed by atoms with Crippen LogP contribution in [0.2, 0.25) is 0 Å². The van der Waals surface area contributed by atoms with Gasteiger partial charge in [-0.05, 0) is 25.0 Å². The largest absolute Gasteiger partial charge is 0.496 e. The van der Waals surface area contributed by atoms with Crippen molar-refractivity contribution >= 4 is 5.78 Å². The van der Waals surface area contributed by atoms with Crippen LogP contribution >= 0.6 is 0 Å². The predicted molar refractivity (Wildman–Crippen MR) is 69.2 cm³/mol. The summed E-state index contributed by atoms with van der Waals surface area (Å²) in [7, 11) is 3.11. The van der Waals surface area contributed by atoms with Gasteiger partial charge in [0.05, 0.1) is 14.2 Å². The number of hydrogen-bond donors (Lipinski definition) is 1. The van der Waals surface area contributed by atoms with E-state index < -0.39 is 5.41 Å². The second-order valence-electron chi connectivity index (χ2n) is 4.70. The summed E-state index contributed by atoms with van der Waals surface area (Å²) in [5.74, 6) is 1.16. The lowest BCUT2D eigenvalue weighted by Gasteiger charge is -2.39. The van der Waals surface area contributed by atoms with Gasteiger partial charge in [-0.1, -0.05) is 12.5 Å². The van der Waals surface area contributed by atoms with Crippen molar-refractivity contribution < 1.29 is 14.3 Å². The molecule has 1 aromatic carbocycles.